The van der Waals surface area contributed by atoms with E-state index in [2.05, 4.69) is 38.2 Å². The van der Waals surface area contributed by atoms with Crippen molar-refractivity contribution < 1.29 is 4.79 Å². The quantitative estimate of drug-likeness (QED) is 0.554. The molecule has 0 saturated carbocycles. The van der Waals surface area contributed by atoms with Gasteiger partial charge in [0.15, 0.2) is 5.78 Å². The third kappa shape index (κ3) is 5.65. The molecule has 148 valence electrons. The number of aryl methyl sites for hydroxylation is 3. The second-order valence-corrected chi connectivity index (χ2v) is 9.19. The molecule has 0 radical (unpaired) electrons. The molecule has 2 aromatic carbocycles. The van der Waals surface area contributed by atoms with Crippen LogP contribution >= 0.6 is 23.4 Å². The summed E-state index contributed by atoms with van der Waals surface area (Å²) in [5.41, 5.74) is 7.78. The van der Waals surface area contributed by atoms with Gasteiger partial charge in [-0.3, -0.25) is 4.79 Å². The Bertz CT molecular complexity index is 850. The number of carbonyl (C=O) groups is 1. The third-order valence-electron chi connectivity index (χ3n) is 5.28. The summed E-state index contributed by atoms with van der Waals surface area (Å²) in [6, 6.07) is 12.4. The lowest BCUT2D eigenvalue weighted by atomic mass is 9.85. The lowest BCUT2D eigenvalue weighted by Crippen LogP contribution is -2.23. The number of hydrogen-bond donors (Lipinski definition) is 1. The van der Waals surface area contributed by atoms with Crippen molar-refractivity contribution in [2.24, 2.45) is 0 Å². The molecular weight excluding hydrogens is 386 g/mol. The number of halogens is 1. The highest BCUT2D eigenvalue weighted by molar-refractivity contribution is 7.98. The first-order valence-corrected chi connectivity index (χ1v) is 11.3. The van der Waals surface area contributed by atoms with Gasteiger partial charge in [0.1, 0.15) is 0 Å². The van der Waals surface area contributed by atoms with Gasteiger partial charge in [0, 0.05) is 41.3 Å². The Hall–Kier alpha value is -1.71. The van der Waals surface area contributed by atoms with Crippen molar-refractivity contribution in [3.8, 4) is 0 Å². The van der Waals surface area contributed by atoms with Gasteiger partial charge in [0.05, 0.1) is 0 Å². The summed E-state index contributed by atoms with van der Waals surface area (Å²) in [6.45, 7) is 7.42. The molecule has 1 aliphatic carbocycles. The number of hydrogen-bond acceptors (Lipinski definition) is 3. The van der Waals surface area contributed by atoms with E-state index in [4.69, 9.17) is 11.6 Å². The molecule has 0 amide bonds. The van der Waals surface area contributed by atoms with Crippen molar-refractivity contribution in [2.75, 3.05) is 12.3 Å². The highest BCUT2D eigenvalue weighted by atomic mass is 35.5. The first kappa shape index (κ1) is 21.0. The van der Waals surface area contributed by atoms with Crippen LogP contribution in [0.15, 0.2) is 48.2 Å². The first-order valence-electron chi connectivity index (χ1n) is 9.79. The van der Waals surface area contributed by atoms with Crippen LogP contribution in [-0.2, 0) is 10.5 Å². The molecule has 0 unspecified atom stereocenters. The molecule has 0 aliphatic heterocycles. The predicted octanol–water partition coefficient (Wildman–Crippen LogP) is 6.12. The summed E-state index contributed by atoms with van der Waals surface area (Å²) in [5.74, 6) is 2.49. The summed E-state index contributed by atoms with van der Waals surface area (Å²) >= 11 is 7.92. The van der Waals surface area contributed by atoms with Crippen LogP contribution in [0.2, 0.25) is 5.02 Å². The van der Waals surface area contributed by atoms with Crippen molar-refractivity contribution in [3.05, 3.63) is 81.0 Å². The molecule has 1 N–H and O–H groups in total. The van der Waals surface area contributed by atoms with Gasteiger partial charge in [0.2, 0.25) is 0 Å². The Morgan fingerprint density at radius 2 is 1.75 bits per heavy atom. The minimum Gasteiger partial charge on any atom is -0.387 e. The normalized spacial score (nSPS) is 16.8. The van der Waals surface area contributed by atoms with Crippen LogP contribution in [0, 0.1) is 20.8 Å². The third-order valence-corrected chi connectivity index (χ3v) is 6.51. The zero-order valence-corrected chi connectivity index (χ0v) is 18.4. The molecule has 0 bridgehead atoms. The van der Waals surface area contributed by atoms with E-state index in [0.29, 0.717) is 6.42 Å². The van der Waals surface area contributed by atoms with Crippen LogP contribution in [0.1, 0.15) is 46.6 Å². The Kier molecular flexibility index (Phi) is 7.25. The zero-order valence-electron chi connectivity index (χ0n) is 16.8. The van der Waals surface area contributed by atoms with Gasteiger partial charge in [-0.25, -0.2) is 0 Å². The lowest BCUT2D eigenvalue weighted by Gasteiger charge is -2.23. The topological polar surface area (TPSA) is 29.1 Å². The number of nitrogens with one attached hydrogen (secondary N) is 1. The fourth-order valence-electron chi connectivity index (χ4n) is 3.88. The minimum atomic E-state index is 0.201. The van der Waals surface area contributed by atoms with E-state index in [-0.39, 0.29) is 11.7 Å². The number of carbonyl (C=O) groups excluding carboxylic acids is 1. The Balaban J connectivity index is 1.48. The SMILES string of the molecule is Cc1cc(C)c(CSCCNC2=CC(=O)C[C@H](c3ccc(Cl)cc3)C2)c(C)c1. The molecule has 0 aromatic heterocycles. The summed E-state index contributed by atoms with van der Waals surface area (Å²) in [5, 5.41) is 4.21. The molecule has 1 atom stereocenters. The fraction of sp³-hybridized carbons (Fsp3) is 0.375. The van der Waals surface area contributed by atoms with Crippen molar-refractivity contribution in [1.82, 2.24) is 5.32 Å². The number of rotatable bonds is 7. The van der Waals surface area contributed by atoms with Gasteiger partial charge in [0.25, 0.3) is 0 Å². The molecule has 0 heterocycles. The summed E-state index contributed by atoms with van der Waals surface area (Å²) in [7, 11) is 0. The van der Waals surface area contributed by atoms with Crippen LogP contribution in [0.25, 0.3) is 0 Å². The molecule has 1 aliphatic rings. The second-order valence-electron chi connectivity index (χ2n) is 7.65. The molecule has 2 aromatic rings. The molecule has 4 heteroatoms. The van der Waals surface area contributed by atoms with Gasteiger partial charge in [-0.1, -0.05) is 41.4 Å². The van der Waals surface area contributed by atoms with Crippen molar-refractivity contribution in [3.63, 3.8) is 0 Å². The predicted molar refractivity (Wildman–Crippen MR) is 121 cm³/mol. The zero-order chi connectivity index (χ0) is 20.1. The molecule has 28 heavy (non-hydrogen) atoms. The molecule has 0 saturated heterocycles. The monoisotopic (exact) mass is 413 g/mol. The standard InChI is InChI=1S/C24H28ClNOS/c1-16-10-17(2)24(18(3)11-16)15-28-9-8-26-22-12-20(13-23(27)14-22)19-4-6-21(25)7-5-19/h4-7,10-11,14,20,26H,8-9,12-13,15H2,1-3H3/t20-/m1/s1. The van der Waals surface area contributed by atoms with Crippen LogP contribution in [0.4, 0.5) is 0 Å². The van der Waals surface area contributed by atoms with E-state index in [0.717, 1.165) is 35.2 Å². The maximum atomic E-state index is 12.2. The molecule has 3 rings (SSSR count). The summed E-state index contributed by atoms with van der Waals surface area (Å²) in [4.78, 5) is 12.2. The van der Waals surface area contributed by atoms with E-state index < -0.39 is 0 Å². The number of allylic oxidation sites excluding steroid dienone is 2. The van der Waals surface area contributed by atoms with Crippen LogP contribution < -0.4 is 5.32 Å². The Morgan fingerprint density at radius 1 is 1.07 bits per heavy atom. The first-order chi connectivity index (χ1) is 13.4. The van der Waals surface area contributed by atoms with Crippen LogP contribution in [-0.4, -0.2) is 18.1 Å². The van der Waals surface area contributed by atoms with E-state index in [1.54, 1.807) is 6.08 Å². The van der Waals surface area contributed by atoms with Crippen molar-refractivity contribution >= 4 is 29.1 Å². The number of benzene rings is 2. The smallest absolute Gasteiger partial charge is 0.158 e. The van der Waals surface area contributed by atoms with Crippen molar-refractivity contribution in [1.29, 1.82) is 0 Å². The van der Waals surface area contributed by atoms with Gasteiger partial charge in [-0.2, -0.15) is 11.8 Å². The molecular formula is C24H28ClNOS. The lowest BCUT2D eigenvalue weighted by molar-refractivity contribution is -0.115. The Morgan fingerprint density at radius 3 is 2.43 bits per heavy atom. The second kappa shape index (κ2) is 9.67. The molecule has 0 spiro atoms. The maximum Gasteiger partial charge on any atom is 0.158 e. The summed E-state index contributed by atoms with van der Waals surface area (Å²) in [6.07, 6.45) is 3.24. The van der Waals surface area contributed by atoms with E-state index in [1.807, 2.05) is 36.0 Å². The highest BCUT2D eigenvalue weighted by Gasteiger charge is 2.22. The largest absolute Gasteiger partial charge is 0.387 e. The van der Waals surface area contributed by atoms with Crippen LogP contribution in [0.3, 0.4) is 0 Å². The van der Waals surface area contributed by atoms with Gasteiger partial charge in [-0.15, -0.1) is 0 Å². The molecule has 2 nitrogen and oxygen atoms in total. The molecule has 0 fully saturated rings. The fourth-order valence-corrected chi connectivity index (χ4v) is 5.06. The Labute approximate surface area is 177 Å². The average Bonchev–Trinajstić information content (AvgIpc) is 2.63. The van der Waals surface area contributed by atoms with E-state index >= 15 is 0 Å². The maximum absolute atomic E-state index is 12.2. The average molecular weight is 414 g/mol. The van der Waals surface area contributed by atoms with E-state index in [1.165, 1.54) is 27.8 Å². The van der Waals surface area contributed by atoms with Crippen LogP contribution in [0.5, 0.6) is 0 Å². The minimum absolute atomic E-state index is 0.201. The van der Waals surface area contributed by atoms with Gasteiger partial charge in [-0.05, 0) is 67.5 Å². The van der Waals surface area contributed by atoms with Crippen molar-refractivity contribution in [2.45, 2.75) is 45.3 Å². The summed E-state index contributed by atoms with van der Waals surface area (Å²) < 4.78 is 0. The highest BCUT2D eigenvalue weighted by Crippen LogP contribution is 2.31. The van der Waals surface area contributed by atoms with Gasteiger partial charge < -0.3 is 5.32 Å². The number of ketones is 1. The van der Waals surface area contributed by atoms with E-state index in [9.17, 15) is 4.79 Å². The van der Waals surface area contributed by atoms with Gasteiger partial charge >= 0.3 is 0 Å². The number of thioether (sulfide) groups is 1.